The first-order valence-electron chi connectivity index (χ1n) is 14.9. The molecule has 1 aliphatic rings. The number of benzene rings is 4. The molecule has 5 rings (SSSR count). The van der Waals surface area contributed by atoms with Gasteiger partial charge in [0.25, 0.3) is 5.91 Å². The number of aliphatic hydroxyl groups is 1. The van der Waals surface area contributed by atoms with E-state index in [0.29, 0.717) is 41.5 Å². The number of nitrogens with one attached hydrogen (secondary N) is 2. The van der Waals surface area contributed by atoms with Gasteiger partial charge in [-0.15, -0.1) is 0 Å². The molecule has 0 radical (unpaired) electrons. The average molecular weight is 742 g/mol. The van der Waals surface area contributed by atoms with Crippen LogP contribution in [0, 0.1) is 5.82 Å². The van der Waals surface area contributed by atoms with Crippen molar-refractivity contribution < 1.29 is 36.9 Å². The summed E-state index contributed by atoms with van der Waals surface area (Å²) in [5.41, 5.74) is 13.2. The van der Waals surface area contributed by atoms with Crippen LogP contribution in [0.2, 0.25) is 0 Å². The first kappa shape index (κ1) is 35.4. The van der Waals surface area contributed by atoms with Gasteiger partial charge in [-0.25, -0.2) is 14.8 Å². The summed E-state index contributed by atoms with van der Waals surface area (Å²) in [7, 11) is 0. The van der Waals surface area contributed by atoms with Crippen LogP contribution >= 0.6 is 15.9 Å². The summed E-state index contributed by atoms with van der Waals surface area (Å²) in [5, 5.41) is 12.9. The van der Waals surface area contributed by atoms with E-state index in [2.05, 4.69) is 36.8 Å². The van der Waals surface area contributed by atoms with E-state index < -0.39 is 35.1 Å². The van der Waals surface area contributed by atoms with E-state index in [1.165, 1.54) is 0 Å². The van der Waals surface area contributed by atoms with E-state index >= 15 is 0 Å². The Morgan fingerprint density at radius 2 is 1.80 bits per heavy atom. The molecule has 0 saturated carbocycles. The maximum absolute atomic E-state index is 14.4. The lowest BCUT2D eigenvalue weighted by molar-refractivity contribution is -0.138. The standard InChI is InChI=1S/C34H29BrF4N6O4/c35-25-10-6-21(7-11-25)19-33(32(47)44-41-20-22-16-24(34(37,38)39)18-26(36)17-22)30(28-4-1-2-5-29(28)43-45-40)49-31(42-33)23-8-12-27(13-9-23)48-15-3-14-46/h1-2,4-13,16-18,30,41,46H,3,14-15,19-20H2,(H,44,47)/t30-,33-/m0/s1. The van der Waals surface area contributed by atoms with Gasteiger partial charge in [0.1, 0.15) is 11.6 Å². The number of aliphatic hydroxyl groups excluding tert-OH is 1. The highest BCUT2D eigenvalue weighted by Gasteiger charge is 2.54. The van der Waals surface area contributed by atoms with Crippen molar-refractivity contribution in [2.75, 3.05) is 13.2 Å². The smallest absolute Gasteiger partial charge is 0.416 e. The van der Waals surface area contributed by atoms with Crippen molar-refractivity contribution in [1.82, 2.24) is 10.9 Å². The van der Waals surface area contributed by atoms with E-state index in [4.69, 9.17) is 19.6 Å². The van der Waals surface area contributed by atoms with Crippen molar-refractivity contribution in [3.05, 3.63) is 140 Å². The maximum atomic E-state index is 14.4. The number of halogens is 5. The van der Waals surface area contributed by atoms with Crippen LogP contribution < -0.4 is 15.6 Å². The lowest BCUT2D eigenvalue weighted by atomic mass is 9.81. The van der Waals surface area contributed by atoms with Crippen LogP contribution in [0.5, 0.6) is 5.75 Å². The maximum Gasteiger partial charge on any atom is 0.416 e. The number of hydrogen-bond acceptors (Lipinski definition) is 7. The van der Waals surface area contributed by atoms with Crippen molar-refractivity contribution in [2.24, 2.45) is 10.1 Å². The fourth-order valence-electron chi connectivity index (χ4n) is 5.27. The van der Waals surface area contributed by atoms with Crippen LogP contribution in [-0.2, 0) is 28.7 Å². The molecule has 0 unspecified atom stereocenters. The Kier molecular flexibility index (Phi) is 11.2. The van der Waals surface area contributed by atoms with Gasteiger partial charge in [-0.2, -0.15) is 13.2 Å². The van der Waals surface area contributed by atoms with Gasteiger partial charge in [-0.3, -0.25) is 10.2 Å². The Hall–Kier alpha value is -4.95. The quantitative estimate of drug-likeness (QED) is 0.0323. The highest BCUT2D eigenvalue weighted by atomic mass is 79.9. The number of hydrazine groups is 1. The van der Waals surface area contributed by atoms with Gasteiger partial charge in [0.15, 0.2) is 11.6 Å². The normalized spacial score (nSPS) is 17.1. The molecule has 49 heavy (non-hydrogen) atoms. The van der Waals surface area contributed by atoms with Crippen LogP contribution in [0.25, 0.3) is 10.4 Å². The topological polar surface area (TPSA) is 141 Å². The van der Waals surface area contributed by atoms with Crippen molar-refractivity contribution >= 4 is 33.4 Å². The highest BCUT2D eigenvalue weighted by Crippen LogP contribution is 2.45. The van der Waals surface area contributed by atoms with Crippen LogP contribution in [0.3, 0.4) is 0 Å². The minimum absolute atomic E-state index is 0.0182. The molecule has 0 fully saturated rings. The zero-order chi connectivity index (χ0) is 35.0. The first-order chi connectivity index (χ1) is 23.5. The third-order valence-electron chi connectivity index (χ3n) is 7.57. The Labute approximate surface area is 286 Å². The summed E-state index contributed by atoms with van der Waals surface area (Å²) < 4.78 is 66.9. The molecule has 4 aromatic rings. The van der Waals surface area contributed by atoms with Gasteiger partial charge in [0, 0.05) is 52.2 Å². The molecule has 0 aromatic heterocycles. The van der Waals surface area contributed by atoms with E-state index in [0.717, 1.165) is 16.6 Å². The molecule has 2 atom stereocenters. The molecule has 254 valence electrons. The Balaban J connectivity index is 1.55. The van der Waals surface area contributed by atoms with Gasteiger partial charge >= 0.3 is 6.18 Å². The highest BCUT2D eigenvalue weighted by molar-refractivity contribution is 9.10. The molecular weight excluding hydrogens is 712 g/mol. The van der Waals surface area contributed by atoms with Crippen LogP contribution in [-0.4, -0.2) is 35.7 Å². The summed E-state index contributed by atoms with van der Waals surface area (Å²) >= 11 is 3.41. The molecule has 0 bridgehead atoms. The molecule has 4 aromatic carbocycles. The monoisotopic (exact) mass is 740 g/mol. The number of azide groups is 1. The number of carbonyl (C=O) groups is 1. The minimum atomic E-state index is -4.77. The fourth-order valence-corrected chi connectivity index (χ4v) is 5.54. The second kappa shape index (κ2) is 15.5. The van der Waals surface area contributed by atoms with E-state index in [1.54, 1.807) is 72.8 Å². The molecule has 0 spiro atoms. The van der Waals surface area contributed by atoms with Crippen molar-refractivity contribution in [3.63, 3.8) is 0 Å². The molecule has 1 amide bonds. The molecule has 1 heterocycles. The molecule has 15 heteroatoms. The predicted molar refractivity (Wildman–Crippen MR) is 176 cm³/mol. The van der Waals surface area contributed by atoms with E-state index in [1.807, 2.05) is 0 Å². The minimum Gasteiger partial charge on any atom is -0.494 e. The second-order valence-corrected chi connectivity index (χ2v) is 11.9. The molecular formula is C34H29BrF4N6O4. The van der Waals surface area contributed by atoms with Crippen molar-refractivity contribution in [3.8, 4) is 5.75 Å². The van der Waals surface area contributed by atoms with Crippen LogP contribution in [0.1, 0.15) is 40.3 Å². The number of rotatable bonds is 13. The van der Waals surface area contributed by atoms with Crippen LogP contribution in [0.4, 0.5) is 23.2 Å². The fraction of sp³-hybridized carbons (Fsp3) is 0.235. The van der Waals surface area contributed by atoms with Gasteiger partial charge in [0.2, 0.25) is 5.90 Å². The van der Waals surface area contributed by atoms with Gasteiger partial charge < -0.3 is 14.6 Å². The number of amides is 1. The molecule has 10 nitrogen and oxygen atoms in total. The summed E-state index contributed by atoms with van der Waals surface area (Å²) in [6.45, 7) is -0.0616. The van der Waals surface area contributed by atoms with Gasteiger partial charge in [-0.05, 0) is 71.3 Å². The van der Waals surface area contributed by atoms with Gasteiger partial charge in [0.05, 0.1) is 12.2 Å². The zero-order valence-corrected chi connectivity index (χ0v) is 27.2. The van der Waals surface area contributed by atoms with E-state index in [9.17, 15) is 27.9 Å². The van der Waals surface area contributed by atoms with Crippen molar-refractivity contribution in [1.29, 1.82) is 0 Å². The Morgan fingerprint density at radius 3 is 2.49 bits per heavy atom. The average Bonchev–Trinajstić information content (AvgIpc) is 3.46. The number of ether oxygens (including phenoxy) is 2. The molecule has 3 N–H and O–H groups in total. The summed E-state index contributed by atoms with van der Waals surface area (Å²) in [5.74, 6) is -1.17. The number of carbonyl (C=O) groups excluding carboxylic acids is 1. The van der Waals surface area contributed by atoms with E-state index in [-0.39, 0.29) is 36.7 Å². The Morgan fingerprint density at radius 1 is 1.06 bits per heavy atom. The molecule has 0 aliphatic carbocycles. The summed E-state index contributed by atoms with van der Waals surface area (Å²) in [6.07, 6.45) is -5.49. The van der Waals surface area contributed by atoms with Crippen LogP contribution in [0.15, 0.2) is 106 Å². The Bertz CT molecular complexity index is 1870. The summed E-state index contributed by atoms with van der Waals surface area (Å²) in [6, 6.07) is 22.6. The lowest BCUT2D eigenvalue weighted by Gasteiger charge is -2.31. The third-order valence-corrected chi connectivity index (χ3v) is 8.10. The number of alkyl halides is 3. The number of aliphatic imine (C=N–C) groups is 1. The van der Waals surface area contributed by atoms with Gasteiger partial charge in [-0.1, -0.05) is 57.4 Å². The zero-order valence-electron chi connectivity index (χ0n) is 25.6. The predicted octanol–water partition coefficient (Wildman–Crippen LogP) is 7.63. The molecule has 0 saturated heterocycles. The third kappa shape index (κ3) is 8.56. The number of hydrogen-bond donors (Lipinski definition) is 3. The lowest BCUT2D eigenvalue weighted by Crippen LogP contribution is -2.53. The number of nitrogens with zero attached hydrogens (tertiary/aromatic N) is 4. The SMILES string of the molecule is [N-]=[N+]=Nc1ccccc1[C@@H]1OC(c2ccc(OCCCO)cc2)=N[C@]1(Cc1ccc(Br)cc1)C(=O)NNCc1cc(F)cc(C(F)(F)F)c1. The summed E-state index contributed by atoms with van der Waals surface area (Å²) in [4.78, 5) is 22.2. The largest absolute Gasteiger partial charge is 0.494 e. The molecule has 1 aliphatic heterocycles. The van der Waals surface area contributed by atoms with Crippen molar-refractivity contribution in [2.45, 2.75) is 37.2 Å². The second-order valence-electron chi connectivity index (χ2n) is 11.0. The first-order valence-corrected chi connectivity index (χ1v) is 15.7.